The summed E-state index contributed by atoms with van der Waals surface area (Å²) in [4.78, 5) is 2.48. The summed E-state index contributed by atoms with van der Waals surface area (Å²) < 4.78 is 2.41. The van der Waals surface area contributed by atoms with Crippen molar-refractivity contribution in [1.29, 1.82) is 0 Å². The van der Waals surface area contributed by atoms with E-state index in [0.29, 0.717) is 0 Å². The summed E-state index contributed by atoms with van der Waals surface area (Å²) in [5, 5.41) is 4.92. The standard InChI is InChI=1S/C58H40N2/c1-5-17-41(18-6-1)47-31-35-56(53(38-47)43-20-7-2-8-21-43)60(50-33-34-52-51-27-15-16-28-55(51)59(58(52)40-50)49-25-11-4-12-26-49)57-36-32-48(39-54(57)44-22-9-3-10-23-44)46-30-29-42-19-13-14-24-45(42)37-46/h1-40H. The minimum Gasteiger partial charge on any atom is -0.309 e. The molecule has 0 N–H and O–H groups in total. The number of benzene rings is 10. The molecule has 11 rings (SSSR count). The van der Waals surface area contributed by atoms with Crippen LogP contribution < -0.4 is 4.90 Å². The molecule has 0 saturated heterocycles. The van der Waals surface area contributed by atoms with E-state index in [4.69, 9.17) is 0 Å². The molecule has 0 bridgehead atoms. The van der Waals surface area contributed by atoms with Crippen LogP contribution in [-0.2, 0) is 0 Å². The van der Waals surface area contributed by atoms with Gasteiger partial charge in [-0.1, -0.05) is 182 Å². The van der Waals surface area contributed by atoms with Crippen LogP contribution >= 0.6 is 0 Å². The second-order valence-corrected chi connectivity index (χ2v) is 15.3. The third kappa shape index (κ3) is 6.32. The molecule has 0 saturated carbocycles. The lowest BCUT2D eigenvalue weighted by atomic mass is 9.93. The average molecular weight is 765 g/mol. The number of nitrogens with zero attached hydrogens (tertiary/aromatic N) is 2. The summed E-state index contributed by atoms with van der Waals surface area (Å²) in [5.41, 5.74) is 16.1. The first-order valence-corrected chi connectivity index (χ1v) is 20.6. The molecule has 0 atom stereocenters. The van der Waals surface area contributed by atoms with Crippen molar-refractivity contribution in [3.05, 3.63) is 243 Å². The Balaban J connectivity index is 1.21. The molecule has 1 heterocycles. The van der Waals surface area contributed by atoms with E-state index in [9.17, 15) is 0 Å². The van der Waals surface area contributed by atoms with E-state index in [-0.39, 0.29) is 0 Å². The first-order valence-electron chi connectivity index (χ1n) is 20.6. The van der Waals surface area contributed by atoms with Crippen LogP contribution in [0.5, 0.6) is 0 Å². The fourth-order valence-corrected chi connectivity index (χ4v) is 8.88. The molecule has 0 spiro atoms. The predicted octanol–water partition coefficient (Wildman–Crippen LogP) is 16.1. The van der Waals surface area contributed by atoms with Gasteiger partial charge >= 0.3 is 0 Å². The fraction of sp³-hybridized carbons (Fsp3) is 0. The number of hydrogen-bond acceptors (Lipinski definition) is 1. The van der Waals surface area contributed by atoms with Gasteiger partial charge in [-0.05, 0) is 105 Å². The molecule has 2 nitrogen and oxygen atoms in total. The largest absolute Gasteiger partial charge is 0.309 e. The highest BCUT2D eigenvalue weighted by atomic mass is 15.1. The van der Waals surface area contributed by atoms with E-state index < -0.39 is 0 Å². The summed E-state index contributed by atoms with van der Waals surface area (Å²) in [5.74, 6) is 0. The zero-order valence-electron chi connectivity index (χ0n) is 33.0. The van der Waals surface area contributed by atoms with Gasteiger partial charge in [0.1, 0.15) is 0 Å². The van der Waals surface area contributed by atoms with E-state index in [1.807, 2.05) is 0 Å². The van der Waals surface area contributed by atoms with Gasteiger partial charge in [-0.25, -0.2) is 0 Å². The molecule has 0 amide bonds. The number of aromatic nitrogens is 1. The van der Waals surface area contributed by atoms with Crippen LogP contribution in [0.15, 0.2) is 243 Å². The molecular weight excluding hydrogens is 725 g/mol. The summed E-state index contributed by atoms with van der Waals surface area (Å²) >= 11 is 0. The van der Waals surface area contributed by atoms with Crippen LogP contribution in [0.2, 0.25) is 0 Å². The second-order valence-electron chi connectivity index (χ2n) is 15.3. The Morgan fingerprint density at radius 1 is 0.283 bits per heavy atom. The van der Waals surface area contributed by atoms with Gasteiger partial charge in [0.05, 0.1) is 22.4 Å². The number of para-hydroxylation sites is 2. The van der Waals surface area contributed by atoms with Crippen LogP contribution in [0.3, 0.4) is 0 Å². The van der Waals surface area contributed by atoms with Crippen molar-refractivity contribution in [2.45, 2.75) is 0 Å². The Morgan fingerprint density at radius 2 is 0.767 bits per heavy atom. The molecule has 0 aliphatic heterocycles. The molecule has 11 aromatic rings. The Morgan fingerprint density at radius 3 is 1.42 bits per heavy atom. The number of hydrogen-bond donors (Lipinski definition) is 0. The van der Waals surface area contributed by atoms with Crippen molar-refractivity contribution in [3.8, 4) is 50.2 Å². The lowest BCUT2D eigenvalue weighted by Gasteiger charge is -2.31. The highest BCUT2D eigenvalue weighted by Crippen LogP contribution is 2.48. The maximum atomic E-state index is 2.48. The first-order chi connectivity index (χ1) is 29.8. The van der Waals surface area contributed by atoms with E-state index in [2.05, 4.69) is 252 Å². The van der Waals surface area contributed by atoms with E-state index >= 15 is 0 Å². The van der Waals surface area contributed by atoms with Gasteiger partial charge in [-0.15, -0.1) is 0 Å². The van der Waals surface area contributed by atoms with Crippen LogP contribution in [0.4, 0.5) is 17.1 Å². The van der Waals surface area contributed by atoms with Crippen LogP contribution in [0.1, 0.15) is 0 Å². The third-order valence-corrected chi connectivity index (χ3v) is 11.8. The van der Waals surface area contributed by atoms with E-state index in [1.165, 1.54) is 49.3 Å². The molecule has 0 fully saturated rings. The van der Waals surface area contributed by atoms with E-state index in [1.54, 1.807) is 0 Å². The van der Waals surface area contributed by atoms with Crippen molar-refractivity contribution in [2.24, 2.45) is 0 Å². The summed E-state index contributed by atoms with van der Waals surface area (Å²) in [6, 6.07) is 88.1. The van der Waals surface area contributed by atoms with Gasteiger partial charge in [0.25, 0.3) is 0 Å². The van der Waals surface area contributed by atoms with Crippen LogP contribution in [0.25, 0.3) is 82.8 Å². The SMILES string of the molecule is c1ccc(-c2ccc(N(c3ccc4c5ccccc5n(-c5ccccc5)c4c3)c3ccc(-c4ccc5ccccc5c4)cc3-c3ccccc3)c(-c3ccccc3)c2)cc1. The monoisotopic (exact) mass is 764 g/mol. The van der Waals surface area contributed by atoms with Gasteiger partial charge in [0.15, 0.2) is 0 Å². The molecule has 60 heavy (non-hydrogen) atoms. The normalized spacial score (nSPS) is 11.3. The zero-order chi connectivity index (χ0) is 39.8. The average Bonchev–Trinajstić information content (AvgIpc) is 3.66. The molecule has 0 aliphatic carbocycles. The van der Waals surface area contributed by atoms with Crippen molar-refractivity contribution >= 4 is 49.6 Å². The number of rotatable bonds is 8. The Bertz CT molecular complexity index is 3300. The van der Waals surface area contributed by atoms with Gasteiger partial charge in [0, 0.05) is 33.3 Å². The zero-order valence-corrected chi connectivity index (χ0v) is 33.0. The summed E-state index contributed by atoms with van der Waals surface area (Å²) in [6.45, 7) is 0. The minimum absolute atomic E-state index is 1.07. The highest BCUT2D eigenvalue weighted by molar-refractivity contribution is 6.11. The van der Waals surface area contributed by atoms with Crippen molar-refractivity contribution in [3.63, 3.8) is 0 Å². The van der Waals surface area contributed by atoms with Gasteiger partial charge in [-0.2, -0.15) is 0 Å². The molecular formula is C58H40N2. The summed E-state index contributed by atoms with van der Waals surface area (Å²) in [6.07, 6.45) is 0. The van der Waals surface area contributed by atoms with Gasteiger partial charge in [0.2, 0.25) is 0 Å². The van der Waals surface area contributed by atoms with Gasteiger partial charge in [-0.3, -0.25) is 0 Å². The highest BCUT2D eigenvalue weighted by Gasteiger charge is 2.24. The number of anilines is 3. The topological polar surface area (TPSA) is 8.17 Å². The molecule has 1 aromatic heterocycles. The molecule has 0 aliphatic rings. The second kappa shape index (κ2) is 15.1. The molecule has 2 heteroatoms. The molecule has 10 aromatic carbocycles. The molecule has 0 radical (unpaired) electrons. The fourth-order valence-electron chi connectivity index (χ4n) is 8.88. The maximum absolute atomic E-state index is 2.48. The summed E-state index contributed by atoms with van der Waals surface area (Å²) in [7, 11) is 0. The van der Waals surface area contributed by atoms with Gasteiger partial charge < -0.3 is 9.47 Å². The van der Waals surface area contributed by atoms with Crippen LogP contribution in [0, 0.1) is 0 Å². The van der Waals surface area contributed by atoms with Crippen molar-refractivity contribution in [1.82, 2.24) is 4.57 Å². The minimum atomic E-state index is 1.07. The molecule has 282 valence electrons. The first kappa shape index (κ1) is 35.2. The Kier molecular flexibility index (Phi) is 8.87. The number of fused-ring (bicyclic) bond motifs is 4. The molecule has 0 unspecified atom stereocenters. The van der Waals surface area contributed by atoms with Crippen molar-refractivity contribution in [2.75, 3.05) is 4.90 Å². The Hall–Kier alpha value is -7.94. The quantitative estimate of drug-likeness (QED) is 0.150. The smallest absolute Gasteiger partial charge is 0.0561 e. The van der Waals surface area contributed by atoms with Crippen molar-refractivity contribution < 1.29 is 0 Å². The third-order valence-electron chi connectivity index (χ3n) is 11.8. The Labute approximate surface area is 350 Å². The predicted molar refractivity (Wildman–Crippen MR) is 255 cm³/mol. The lowest BCUT2D eigenvalue weighted by molar-refractivity contribution is 1.18. The maximum Gasteiger partial charge on any atom is 0.0561 e. The lowest BCUT2D eigenvalue weighted by Crippen LogP contribution is -2.13. The van der Waals surface area contributed by atoms with Crippen LogP contribution in [-0.4, -0.2) is 4.57 Å². The van der Waals surface area contributed by atoms with E-state index in [0.717, 1.165) is 50.5 Å².